The van der Waals surface area contributed by atoms with Crippen molar-refractivity contribution in [1.82, 2.24) is 4.90 Å². The van der Waals surface area contributed by atoms with Crippen molar-refractivity contribution in [2.75, 3.05) is 26.5 Å². The monoisotopic (exact) mass is 368 g/mol. The van der Waals surface area contributed by atoms with Gasteiger partial charge in [-0.2, -0.15) is 5.26 Å². The molecule has 0 N–H and O–H groups in total. The average molecular weight is 368 g/mol. The Kier molecular flexibility index (Phi) is 5.69. The van der Waals surface area contributed by atoms with E-state index in [-0.39, 0.29) is 11.3 Å². The minimum absolute atomic E-state index is 0.0454. The van der Waals surface area contributed by atoms with Gasteiger partial charge in [-0.25, -0.2) is 0 Å². The van der Waals surface area contributed by atoms with E-state index in [2.05, 4.69) is 6.07 Å². The van der Waals surface area contributed by atoms with Crippen molar-refractivity contribution >= 4 is 17.7 Å². The largest absolute Gasteiger partial charge is 0.493 e. The van der Waals surface area contributed by atoms with Crippen molar-refractivity contribution in [2.24, 2.45) is 0 Å². The van der Waals surface area contributed by atoms with Gasteiger partial charge in [0.2, 0.25) is 5.91 Å². The Labute approximate surface area is 157 Å². The number of nitrogens with zero attached hydrogens (tertiary/aromatic N) is 2. The van der Waals surface area contributed by atoms with Gasteiger partial charge in [-0.15, -0.1) is 11.8 Å². The van der Waals surface area contributed by atoms with Gasteiger partial charge in [-0.1, -0.05) is 18.2 Å². The molecule has 0 spiro atoms. The summed E-state index contributed by atoms with van der Waals surface area (Å²) in [5, 5.41) is 9.06. The lowest BCUT2D eigenvalue weighted by Gasteiger charge is -2.24. The maximum atomic E-state index is 12.4. The van der Waals surface area contributed by atoms with Crippen molar-refractivity contribution in [3.8, 4) is 17.6 Å². The van der Waals surface area contributed by atoms with Crippen LogP contribution >= 0.6 is 11.8 Å². The zero-order chi connectivity index (χ0) is 18.5. The van der Waals surface area contributed by atoms with Crippen LogP contribution in [0.5, 0.6) is 11.5 Å². The third-order valence-corrected chi connectivity index (χ3v) is 5.61. The average Bonchev–Trinajstić information content (AvgIpc) is 3.06. The summed E-state index contributed by atoms with van der Waals surface area (Å²) < 4.78 is 10.6. The number of carbonyl (C=O) groups excluding carboxylic acids is 1. The van der Waals surface area contributed by atoms with Crippen LogP contribution in [-0.2, 0) is 11.2 Å². The maximum Gasteiger partial charge on any atom is 0.233 e. The molecule has 0 saturated carbocycles. The maximum absolute atomic E-state index is 12.4. The summed E-state index contributed by atoms with van der Waals surface area (Å²) in [6.07, 6.45) is 0.723. The van der Waals surface area contributed by atoms with Crippen LogP contribution in [0.2, 0.25) is 0 Å². The van der Waals surface area contributed by atoms with Crippen LogP contribution in [0.1, 0.15) is 22.1 Å². The molecular weight excluding hydrogens is 348 g/mol. The Balaban J connectivity index is 1.75. The fourth-order valence-electron chi connectivity index (χ4n) is 3.02. The van der Waals surface area contributed by atoms with E-state index in [1.165, 1.54) is 0 Å². The number of amides is 1. The number of methoxy groups -OCH3 is 2. The zero-order valence-electron chi connectivity index (χ0n) is 14.8. The number of carbonyl (C=O) groups is 1. The molecule has 0 bridgehead atoms. The Morgan fingerprint density at radius 2 is 2.00 bits per heavy atom. The summed E-state index contributed by atoms with van der Waals surface area (Å²) in [7, 11) is 3.22. The van der Waals surface area contributed by atoms with Gasteiger partial charge in [0.1, 0.15) is 5.37 Å². The highest BCUT2D eigenvalue weighted by molar-refractivity contribution is 8.00. The van der Waals surface area contributed by atoms with Crippen LogP contribution in [-0.4, -0.2) is 37.3 Å². The van der Waals surface area contributed by atoms with E-state index in [0.29, 0.717) is 29.4 Å². The SMILES string of the molecule is COc1ccc(CCN2C(=O)CSC2c2cccc(C#N)c2)cc1OC. The highest BCUT2D eigenvalue weighted by Gasteiger charge is 2.32. The van der Waals surface area contributed by atoms with E-state index >= 15 is 0 Å². The first kappa shape index (κ1) is 18.2. The summed E-state index contributed by atoms with van der Waals surface area (Å²) in [6, 6.07) is 15.4. The summed E-state index contributed by atoms with van der Waals surface area (Å²) in [6.45, 7) is 0.614. The van der Waals surface area contributed by atoms with Crippen LogP contribution in [0, 0.1) is 11.3 Å². The molecule has 2 aromatic carbocycles. The number of ether oxygens (including phenoxy) is 2. The predicted octanol–water partition coefficient (Wildman–Crippen LogP) is 3.39. The van der Waals surface area contributed by atoms with Gasteiger partial charge in [0.15, 0.2) is 11.5 Å². The molecule has 1 unspecified atom stereocenters. The molecule has 0 radical (unpaired) electrons. The van der Waals surface area contributed by atoms with Crippen LogP contribution in [0.3, 0.4) is 0 Å². The normalized spacial score (nSPS) is 16.4. The van der Waals surface area contributed by atoms with Crippen LogP contribution in [0.25, 0.3) is 0 Å². The topological polar surface area (TPSA) is 62.6 Å². The highest BCUT2D eigenvalue weighted by Crippen LogP contribution is 2.39. The number of hydrogen-bond donors (Lipinski definition) is 0. The second-order valence-electron chi connectivity index (χ2n) is 5.93. The van der Waals surface area contributed by atoms with Crippen molar-refractivity contribution in [3.05, 3.63) is 59.2 Å². The van der Waals surface area contributed by atoms with Gasteiger partial charge in [-0.3, -0.25) is 4.79 Å². The molecule has 1 atom stereocenters. The summed E-state index contributed by atoms with van der Waals surface area (Å²) in [5.41, 5.74) is 2.69. The van der Waals surface area contributed by atoms with Crippen LogP contribution < -0.4 is 9.47 Å². The Hall–Kier alpha value is -2.65. The quantitative estimate of drug-likeness (QED) is 0.782. The third kappa shape index (κ3) is 3.78. The smallest absolute Gasteiger partial charge is 0.233 e. The summed E-state index contributed by atoms with van der Waals surface area (Å²) >= 11 is 1.60. The van der Waals surface area contributed by atoms with Gasteiger partial charge in [0, 0.05) is 6.54 Å². The summed E-state index contributed by atoms with van der Waals surface area (Å²) in [4.78, 5) is 14.2. The molecule has 3 rings (SSSR count). The van der Waals surface area contributed by atoms with Crippen LogP contribution in [0.15, 0.2) is 42.5 Å². The van der Waals surface area contributed by atoms with Crippen molar-refractivity contribution in [3.63, 3.8) is 0 Å². The standard InChI is InChI=1S/C20H20N2O3S/c1-24-17-7-6-14(11-18(17)25-2)8-9-22-19(23)13-26-20(22)16-5-3-4-15(10-16)12-21/h3-7,10-11,20H,8-9,13H2,1-2H3. The molecule has 26 heavy (non-hydrogen) atoms. The number of nitriles is 1. The summed E-state index contributed by atoms with van der Waals surface area (Å²) in [5.74, 6) is 1.97. The Morgan fingerprint density at radius 1 is 1.19 bits per heavy atom. The molecular formula is C20H20N2O3S. The predicted molar refractivity (Wildman–Crippen MR) is 101 cm³/mol. The lowest BCUT2D eigenvalue weighted by atomic mass is 10.1. The molecule has 1 fully saturated rings. The molecule has 1 aliphatic heterocycles. The highest BCUT2D eigenvalue weighted by atomic mass is 32.2. The van der Waals surface area contributed by atoms with Crippen molar-refractivity contribution in [2.45, 2.75) is 11.8 Å². The second-order valence-corrected chi connectivity index (χ2v) is 7.00. The molecule has 5 nitrogen and oxygen atoms in total. The first-order chi connectivity index (χ1) is 12.7. The first-order valence-corrected chi connectivity index (χ1v) is 9.33. The number of rotatable bonds is 6. The van der Waals surface area contributed by atoms with Gasteiger partial charge in [0.25, 0.3) is 0 Å². The molecule has 1 saturated heterocycles. The molecule has 1 aliphatic rings. The van der Waals surface area contributed by atoms with Gasteiger partial charge in [0.05, 0.1) is 31.6 Å². The first-order valence-electron chi connectivity index (χ1n) is 8.28. The van der Waals surface area contributed by atoms with E-state index in [1.54, 1.807) is 32.0 Å². The molecule has 1 amide bonds. The number of thioether (sulfide) groups is 1. The van der Waals surface area contributed by atoms with Crippen molar-refractivity contribution < 1.29 is 14.3 Å². The lowest BCUT2D eigenvalue weighted by molar-refractivity contribution is -0.128. The van der Waals surface area contributed by atoms with Crippen molar-refractivity contribution in [1.29, 1.82) is 5.26 Å². The second kappa shape index (κ2) is 8.15. The molecule has 0 aliphatic carbocycles. The zero-order valence-corrected chi connectivity index (χ0v) is 15.6. The van der Waals surface area contributed by atoms with E-state index in [0.717, 1.165) is 17.5 Å². The molecule has 1 heterocycles. The fourth-order valence-corrected chi connectivity index (χ4v) is 4.23. The van der Waals surface area contributed by atoms with E-state index in [9.17, 15) is 4.79 Å². The third-order valence-electron chi connectivity index (χ3n) is 4.36. The Morgan fingerprint density at radius 3 is 2.73 bits per heavy atom. The van der Waals surface area contributed by atoms with E-state index in [1.807, 2.05) is 41.3 Å². The van der Waals surface area contributed by atoms with E-state index in [4.69, 9.17) is 14.7 Å². The Bertz CT molecular complexity index is 847. The number of hydrogen-bond acceptors (Lipinski definition) is 5. The minimum Gasteiger partial charge on any atom is -0.493 e. The van der Waals surface area contributed by atoms with Gasteiger partial charge >= 0.3 is 0 Å². The van der Waals surface area contributed by atoms with E-state index < -0.39 is 0 Å². The molecule has 134 valence electrons. The fraction of sp³-hybridized carbons (Fsp3) is 0.300. The number of benzene rings is 2. The lowest BCUT2D eigenvalue weighted by Crippen LogP contribution is -2.30. The van der Waals surface area contributed by atoms with Crippen LogP contribution in [0.4, 0.5) is 0 Å². The molecule has 0 aromatic heterocycles. The molecule has 6 heteroatoms. The van der Waals surface area contributed by atoms with Gasteiger partial charge in [-0.05, 0) is 41.8 Å². The minimum atomic E-state index is -0.0454. The van der Waals surface area contributed by atoms with Gasteiger partial charge < -0.3 is 14.4 Å². The molecule has 2 aromatic rings.